The molecule has 0 atom stereocenters. The molecule has 8 rings (SSSR count). The summed E-state index contributed by atoms with van der Waals surface area (Å²) in [5.41, 5.74) is -9.43. The van der Waals surface area contributed by atoms with E-state index in [1.54, 1.807) is 11.3 Å². The van der Waals surface area contributed by atoms with E-state index in [0.717, 1.165) is 17.5 Å². The van der Waals surface area contributed by atoms with E-state index in [0.29, 0.717) is 0 Å². The second kappa shape index (κ2) is 19.0. The van der Waals surface area contributed by atoms with E-state index in [1.165, 1.54) is 26.9 Å². The zero-order valence-corrected chi connectivity index (χ0v) is 35.4. The van der Waals surface area contributed by atoms with Crippen LogP contribution in [0.2, 0.25) is 0 Å². The number of ether oxygens (including phenoxy) is 1. The number of hydrogen-bond acceptors (Lipinski definition) is 2. The van der Waals surface area contributed by atoms with Gasteiger partial charge in [0.25, 0.3) is 0 Å². The minimum absolute atomic E-state index is 0.797. The topological polar surface area (TPSA) is 13.1 Å². The summed E-state index contributed by atoms with van der Waals surface area (Å²) in [7, 11) is 0. The Morgan fingerprint density at radius 1 is 0.386 bits per heavy atom. The number of aromatic nitrogens is 1. The van der Waals surface area contributed by atoms with E-state index in [9.17, 15) is 52.7 Å². The van der Waals surface area contributed by atoms with Crippen LogP contribution in [-0.4, -0.2) is 6.15 Å². The van der Waals surface area contributed by atoms with E-state index >= 15 is 35.1 Å². The van der Waals surface area contributed by atoms with Crippen molar-refractivity contribution in [1.82, 2.24) is 0 Å². The van der Waals surface area contributed by atoms with E-state index in [1.807, 2.05) is 18.2 Å². The van der Waals surface area contributed by atoms with Crippen molar-refractivity contribution in [3.63, 3.8) is 0 Å². The van der Waals surface area contributed by atoms with Gasteiger partial charge < -0.3 is 4.74 Å². The standard InChI is InChI=1S/C24BF20.C22H20NOS/c26-5-1(6(27)14(35)21(42)13(5)34)25(2-7(28)15(36)22(43)16(37)8(2)29,3-9(30)17(38)23(44)18(39)10(3)31)4-11(32)19(40)24(45)20(41)12(4)33;1-16-9-8-13-20(17(16)2)24-22-23(15-18-10-4-3-5-11-18)19-12-6-7-14-21(19)25-22/h;3-14H,15H2,1-2H3/q-1;+1. The van der Waals surface area contributed by atoms with Crippen LogP contribution in [-0.2, 0) is 6.54 Å². The molecule has 0 N–H and O–H groups in total. The van der Waals surface area contributed by atoms with Gasteiger partial charge in [-0.3, -0.25) is 0 Å². The molecule has 24 heteroatoms. The number of nitrogens with zero attached hydrogens (tertiary/aromatic N) is 1. The van der Waals surface area contributed by atoms with Gasteiger partial charge in [0.1, 0.15) is 63.1 Å². The first-order chi connectivity index (χ1) is 32.9. The lowest BCUT2D eigenvalue weighted by molar-refractivity contribution is -0.662. The number of fused-ring (bicyclic) bond motifs is 1. The number of halogens is 20. The van der Waals surface area contributed by atoms with Crippen molar-refractivity contribution in [2.24, 2.45) is 0 Å². The zero-order chi connectivity index (χ0) is 51.6. The van der Waals surface area contributed by atoms with Crippen LogP contribution in [0.1, 0.15) is 16.7 Å². The van der Waals surface area contributed by atoms with Gasteiger partial charge in [-0.15, -0.1) is 26.4 Å². The van der Waals surface area contributed by atoms with Gasteiger partial charge in [0, 0.05) is 11.6 Å². The van der Waals surface area contributed by atoms with Gasteiger partial charge in [-0.25, -0.2) is 87.8 Å². The van der Waals surface area contributed by atoms with Crippen molar-refractivity contribution < 1.29 is 97.1 Å². The fraction of sp³-hybridized carbons (Fsp3) is 0.0652. The second-order valence-electron chi connectivity index (χ2n) is 15.0. The van der Waals surface area contributed by atoms with Gasteiger partial charge in [-0.1, -0.05) is 54.6 Å². The number of benzene rings is 7. The third-order valence-corrected chi connectivity index (χ3v) is 12.3. The molecule has 0 fully saturated rings. The zero-order valence-electron chi connectivity index (χ0n) is 34.5. The molecule has 0 saturated heterocycles. The van der Waals surface area contributed by atoms with E-state index in [2.05, 4.69) is 73.0 Å². The van der Waals surface area contributed by atoms with Crippen LogP contribution in [0.5, 0.6) is 10.9 Å². The third-order valence-electron chi connectivity index (χ3n) is 11.2. The van der Waals surface area contributed by atoms with Crippen molar-refractivity contribution in [2.45, 2.75) is 20.4 Å². The van der Waals surface area contributed by atoms with Gasteiger partial charge in [0.15, 0.2) is 76.4 Å². The van der Waals surface area contributed by atoms with Gasteiger partial charge in [0.2, 0.25) is 5.52 Å². The summed E-state index contributed by atoms with van der Waals surface area (Å²) in [5, 5.41) is 0.916. The molecular formula is C46H20BF20NOS. The minimum Gasteiger partial charge on any atom is -0.396 e. The maximum absolute atomic E-state index is 15.4. The molecule has 0 aliphatic carbocycles. The first-order valence-corrected chi connectivity index (χ1v) is 20.2. The number of aryl methyl sites for hydroxylation is 1. The van der Waals surface area contributed by atoms with Crippen molar-refractivity contribution in [3.05, 3.63) is 206 Å². The van der Waals surface area contributed by atoms with Crippen molar-refractivity contribution in [3.8, 4) is 10.9 Å². The number of rotatable bonds is 8. The molecule has 0 aliphatic heterocycles. The summed E-state index contributed by atoms with van der Waals surface area (Å²) < 4.78 is 304. The summed E-state index contributed by atoms with van der Waals surface area (Å²) in [6.07, 6.45) is -7.22. The normalized spacial score (nSPS) is 11.6. The van der Waals surface area contributed by atoms with Crippen LogP contribution in [0.4, 0.5) is 87.8 Å². The highest BCUT2D eigenvalue weighted by molar-refractivity contribution is 7.20. The Morgan fingerprint density at radius 3 is 1.09 bits per heavy atom. The molecule has 364 valence electrons. The largest absolute Gasteiger partial charge is 0.437 e. The second-order valence-corrected chi connectivity index (χ2v) is 16.0. The van der Waals surface area contributed by atoms with Gasteiger partial charge in [-0.05, 0) is 48.4 Å². The van der Waals surface area contributed by atoms with Gasteiger partial charge in [0.05, 0.1) is 0 Å². The van der Waals surface area contributed by atoms with Crippen LogP contribution >= 0.6 is 11.3 Å². The lowest BCUT2D eigenvalue weighted by Crippen LogP contribution is -2.81. The van der Waals surface area contributed by atoms with E-state index in [-0.39, 0.29) is 0 Å². The molecule has 0 spiro atoms. The molecular weight excluding hydrogens is 1010 g/mol. The summed E-state index contributed by atoms with van der Waals surface area (Å²) in [5.74, 6) is -70.5. The highest BCUT2D eigenvalue weighted by Crippen LogP contribution is 2.34. The molecule has 2 nitrogen and oxygen atoms in total. The lowest BCUT2D eigenvalue weighted by atomic mass is 9.12. The average molecular weight is 1030 g/mol. The molecule has 1 heterocycles. The molecule has 7 aromatic carbocycles. The fourth-order valence-electron chi connectivity index (χ4n) is 7.81. The maximum atomic E-state index is 15.4. The van der Waals surface area contributed by atoms with Crippen molar-refractivity contribution in [2.75, 3.05) is 0 Å². The van der Waals surface area contributed by atoms with E-state index < -0.39 is 144 Å². The smallest absolute Gasteiger partial charge is 0.396 e. The molecule has 8 aromatic rings. The monoisotopic (exact) mass is 1030 g/mol. The molecule has 0 amide bonds. The SMILES string of the molecule is Cc1cccc(Oc2sc3ccccc3[n+]2Cc2ccccc2)c1C.Fc1c(F)c(F)c([B-](c2c(F)c(F)c(F)c(F)c2F)(c2c(F)c(F)c(F)c(F)c2F)c2c(F)c(F)c(F)c(F)c2F)c(F)c1F. The number of hydrogen-bond donors (Lipinski definition) is 0. The van der Waals surface area contributed by atoms with Gasteiger partial charge >= 0.3 is 5.19 Å². The Morgan fingerprint density at radius 2 is 0.714 bits per heavy atom. The predicted octanol–water partition coefficient (Wildman–Crippen LogP) is 11.5. The highest BCUT2D eigenvalue weighted by atomic mass is 32.1. The molecule has 1 aromatic heterocycles. The van der Waals surface area contributed by atoms with Crippen LogP contribution in [0, 0.1) is 130 Å². The summed E-state index contributed by atoms with van der Waals surface area (Å²) in [6.45, 7) is 5.02. The Kier molecular flexibility index (Phi) is 13.8. The molecule has 70 heavy (non-hydrogen) atoms. The molecule has 0 aliphatic rings. The Bertz CT molecular complexity index is 3040. The molecule has 0 bridgehead atoms. The Labute approximate surface area is 383 Å². The van der Waals surface area contributed by atoms with Crippen LogP contribution in [0.15, 0.2) is 72.8 Å². The van der Waals surface area contributed by atoms with Crippen molar-refractivity contribution in [1.29, 1.82) is 0 Å². The first kappa shape index (κ1) is 50.8. The third kappa shape index (κ3) is 7.94. The average Bonchev–Trinajstić information content (AvgIpc) is 3.69. The maximum Gasteiger partial charge on any atom is 0.437 e. The fourth-order valence-corrected chi connectivity index (χ4v) is 8.83. The lowest BCUT2D eigenvalue weighted by Gasteiger charge is -2.44. The summed E-state index contributed by atoms with van der Waals surface area (Å²) >= 11 is 1.69. The number of para-hydroxylation sites is 1. The molecule has 0 radical (unpaired) electrons. The quantitative estimate of drug-likeness (QED) is 0.0486. The molecule has 0 unspecified atom stereocenters. The van der Waals surface area contributed by atoms with Crippen LogP contribution < -0.4 is 31.2 Å². The van der Waals surface area contributed by atoms with Crippen LogP contribution in [0.25, 0.3) is 10.2 Å². The summed E-state index contributed by atoms with van der Waals surface area (Å²) in [4.78, 5) is 0. The molecule has 0 saturated carbocycles. The first-order valence-electron chi connectivity index (χ1n) is 19.3. The Balaban J connectivity index is 0.000000242. The van der Waals surface area contributed by atoms with Crippen LogP contribution in [0.3, 0.4) is 0 Å². The highest BCUT2D eigenvalue weighted by Gasteiger charge is 2.52. The van der Waals surface area contributed by atoms with Gasteiger partial charge in [-0.2, -0.15) is 0 Å². The van der Waals surface area contributed by atoms with Crippen molar-refractivity contribution >= 4 is 49.6 Å². The summed E-state index contributed by atoms with van der Waals surface area (Å²) in [6, 6.07) is 25.2. The number of thiazole rings is 1. The minimum atomic E-state index is -7.22. The van der Waals surface area contributed by atoms with E-state index in [4.69, 9.17) is 4.74 Å². The predicted molar refractivity (Wildman–Crippen MR) is 213 cm³/mol. The Hall–Kier alpha value is -7.11.